The molecular formula is C24H31NO7. The van der Waals surface area contributed by atoms with E-state index >= 15 is 0 Å². The highest BCUT2D eigenvalue weighted by Crippen LogP contribution is 2.22. The molecule has 0 radical (unpaired) electrons. The van der Waals surface area contributed by atoms with E-state index in [-0.39, 0.29) is 6.61 Å². The maximum atomic E-state index is 12.0. The van der Waals surface area contributed by atoms with Crippen molar-refractivity contribution in [3.63, 3.8) is 0 Å². The van der Waals surface area contributed by atoms with Crippen molar-refractivity contribution in [3.05, 3.63) is 59.7 Å². The zero-order valence-corrected chi connectivity index (χ0v) is 18.7. The van der Waals surface area contributed by atoms with E-state index in [1.54, 1.807) is 7.11 Å². The van der Waals surface area contributed by atoms with Crippen LogP contribution in [0.2, 0.25) is 0 Å². The molecule has 8 nitrogen and oxygen atoms in total. The fraction of sp³-hybridized carbons (Fsp3) is 0.417. The third-order valence-electron chi connectivity index (χ3n) is 4.73. The van der Waals surface area contributed by atoms with Gasteiger partial charge >= 0.3 is 11.9 Å². The average molecular weight is 446 g/mol. The van der Waals surface area contributed by atoms with E-state index in [1.165, 1.54) is 0 Å². The van der Waals surface area contributed by atoms with Crippen LogP contribution < -0.4 is 9.47 Å². The van der Waals surface area contributed by atoms with Crippen molar-refractivity contribution in [2.24, 2.45) is 0 Å². The summed E-state index contributed by atoms with van der Waals surface area (Å²) in [6, 6.07) is 15.6. The second kappa shape index (κ2) is 12.7. The lowest BCUT2D eigenvalue weighted by atomic mass is 10.0. The quantitative estimate of drug-likeness (QED) is 0.452. The maximum absolute atomic E-state index is 12.0. The molecule has 0 unspecified atom stereocenters. The molecule has 0 aliphatic rings. The summed E-state index contributed by atoms with van der Waals surface area (Å²) in [6.07, 6.45) is -1.46. The van der Waals surface area contributed by atoms with Gasteiger partial charge in [-0.1, -0.05) is 30.3 Å². The lowest BCUT2D eigenvalue weighted by molar-refractivity contribution is -0.160. The minimum Gasteiger partial charge on any atom is -0.497 e. The molecule has 2 rings (SSSR count). The summed E-state index contributed by atoms with van der Waals surface area (Å²) in [5.74, 6) is -0.747. The number of hydrogen-bond donors (Lipinski definition) is 2. The van der Waals surface area contributed by atoms with Gasteiger partial charge in [0.1, 0.15) is 24.2 Å². The van der Waals surface area contributed by atoms with E-state index in [0.29, 0.717) is 12.3 Å². The zero-order chi connectivity index (χ0) is 23.5. The van der Waals surface area contributed by atoms with Crippen LogP contribution in [0.15, 0.2) is 48.5 Å². The number of nitrogens with zero attached hydrogens (tertiary/aromatic N) is 1. The number of hydrogen-bond acceptors (Lipinski definition) is 7. The number of para-hydroxylation sites is 1. The fourth-order valence-corrected chi connectivity index (χ4v) is 3.15. The smallest absolute Gasteiger partial charge is 0.333 e. The zero-order valence-electron chi connectivity index (χ0n) is 18.7. The van der Waals surface area contributed by atoms with Crippen molar-refractivity contribution < 1.29 is 34.0 Å². The third-order valence-corrected chi connectivity index (χ3v) is 4.73. The van der Waals surface area contributed by atoms with Crippen LogP contribution in [0.4, 0.5) is 0 Å². The fourth-order valence-electron chi connectivity index (χ4n) is 3.15. The average Bonchev–Trinajstić information content (AvgIpc) is 2.76. The number of carbonyl (C=O) groups excluding carboxylic acids is 1. The van der Waals surface area contributed by atoms with Gasteiger partial charge in [0.2, 0.25) is 0 Å². The number of ether oxygens (including phenoxy) is 3. The highest BCUT2D eigenvalue weighted by atomic mass is 16.6. The Hall–Kier alpha value is -3.10. The summed E-state index contributed by atoms with van der Waals surface area (Å²) in [5.41, 5.74) is 2.17. The van der Waals surface area contributed by atoms with Crippen molar-refractivity contribution in [2.75, 3.05) is 34.4 Å². The van der Waals surface area contributed by atoms with Gasteiger partial charge in [-0.05, 0) is 56.3 Å². The highest BCUT2D eigenvalue weighted by Gasteiger charge is 2.23. The Morgan fingerprint density at radius 2 is 1.81 bits per heavy atom. The molecule has 0 aliphatic heterocycles. The Labute approximate surface area is 188 Å². The number of carbonyl (C=O) groups is 2. The molecule has 0 heterocycles. The Kier molecular flexibility index (Phi) is 9.97. The molecule has 0 fully saturated rings. The van der Waals surface area contributed by atoms with Gasteiger partial charge in [-0.3, -0.25) is 4.79 Å². The van der Waals surface area contributed by atoms with Gasteiger partial charge in [-0.25, -0.2) is 4.79 Å². The van der Waals surface area contributed by atoms with Crippen LogP contribution in [0.1, 0.15) is 17.5 Å². The predicted molar refractivity (Wildman–Crippen MR) is 119 cm³/mol. The van der Waals surface area contributed by atoms with Gasteiger partial charge in [-0.15, -0.1) is 0 Å². The van der Waals surface area contributed by atoms with Gasteiger partial charge in [0.05, 0.1) is 13.5 Å². The molecule has 2 atom stereocenters. The predicted octanol–water partition coefficient (Wildman–Crippen LogP) is 2.17. The molecule has 0 aromatic heterocycles. The second-order valence-electron chi connectivity index (χ2n) is 7.70. The molecule has 174 valence electrons. The summed E-state index contributed by atoms with van der Waals surface area (Å²) in [4.78, 5) is 24.6. The number of aliphatic carboxylic acids is 1. The molecule has 0 saturated carbocycles. The van der Waals surface area contributed by atoms with Crippen LogP contribution in [0.5, 0.6) is 11.5 Å². The van der Waals surface area contributed by atoms with Gasteiger partial charge in [0.25, 0.3) is 0 Å². The molecular weight excluding hydrogens is 414 g/mol. The number of carboxylic acid groups (broad SMARTS) is 1. The van der Waals surface area contributed by atoms with E-state index in [4.69, 9.17) is 19.3 Å². The molecule has 8 heteroatoms. The standard InChI is InChI=1S/C24H31NO7/c1-25(2)15-20(32-23(27)14-21(26)24(28)29)16-31-22-10-5-4-8-18(22)12-11-17-7-6-9-19(13-17)30-3/h4-10,13,20-21,26H,11-12,14-16H2,1-3H3,(H,28,29)/t20-,21+/m0/s1. The first-order valence-electron chi connectivity index (χ1n) is 10.4. The molecule has 2 aromatic rings. The SMILES string of the molecule is COc1cccc(CCc2ccccc2OC[C@H](CN(C)C)OC(=O)C[C@@H](O)C(=O)O)c1. The van der Waals surface area contributed by atoms with E-state index in [9.17, 15) is 14.7 Å². The lowest BCUT2D eigenvalue weighted by Crippen LogP contribution is -2.36. The molecule has 0 saturated heterocycles. The third kappa shape index (κ3) is 8.56. The van der Waals surface area contributed by atoms with E-state index in [2.05, 4.69) is 0 Å². The number of aryl methyl sites for hydroxylation is 2. The van der Waals surface area contributed by atoms with Crippen LogP contribution in [-0.4, -0.2) is 73.6 Å². The van der Waals surface area contributed by atoms with Crippen LogP contribution in [0, 0.1) is 0 Å². The number of benzene rings is 2. The summed E-state index contributed by atoms with van der Waals surface area (Å²) < 4.78 is 16.6. The minimum atomic E-state index is -1.79. The minimum absolute atomic E-state index is 0.100. The number of esters is 1. The Balaban J connectivity index is 1.99. The lowest BCUT2D eigenvalue weighted by Gasteiger charge is -2.23. The summed E-state index contributed by atoms with van der Waals surface area (Å²) >= 11 is 0. The molecule has 32 heavy (non-hydrogen) atoms. The van der Waals surface area contributed by atoms with Crippen molar-refractivity contribution in [2.45, 2.75) is 31.5 Å². The monoisotopic (exact) mass is 445 g/mol. The van der Waals surface area contributed by atoms with Crippen molar-refractivity contribution in [1.29, 1.82) is 0 Å². The second-order valence-corrected chi connectivity index (χ2v) is 7.70. The molecule has 0 amide bonds. The van der Waals surface area contributed by atoms with Gasteiger partial charge in [0.15, 0.2) is 6.10 Å². The van der Waals surface area contributed by atoms with Crippen molar-refractivity contribution >= 4 is 11.9 Å². The molecule has 0 spiro atoms. The summed E-state index contributed by atoms with van der Waals surface area (Å²) in [6.45, 7) is 0.490. The number of likely N-dealkylation sites (N-methyl/N-ethyl adjacent to an activating group) is 1. The number of carboxylic acids is 1. The summed E-state index contributed by atoms with van der Waals surface area (Å²) in [7, 11) is 5.30. The Morgan fingerprint density at radius 1 is 1.06 bits per heavy atom. The highest BCUT2D eigenvalue weighted by molar-refractivity contribution is 5.80. The topological polar surface area (TPSA) is 106 Å². The Bertz CT molecular complexity index is 884. The summed E-state index contributed by atoms with van der Waals surface area (Å²) in [5, 5.41) is 18.1. The number of rotatable bonds is 13. The van der Waals surface area contributed by atoms with Crippen molar-refractivity contribution in [3.8, 4) is 11.5 Å². The number of aliphatic hydroxyl groups is 1. The molecule has 2 aromatic carbocycles. The van der Waals surface area contributed by atoms with Crippen LogP contribution in [-0.2, 0) is 27.2 Å². The van der Waals surface area contributed by atoms with Gasteiger partial charge in [0, 0.05) is 6.54 Å². The van der Waals surface area contributed by atoms with Crippen LogP contribution in [0.3, 0.4) is 0 Å². The van der Waals surface area contributed by atoms with E-state index in [0.717, 1.165) is 29.7 Å². The molecule has 0 aliphatic carbocycles. The molecule has 2 N–H and O–H groups in total. The van der Waals surface area contributed by atoms with Gasteiger partial charge in [-0.2, -0.15) is 0 Å². The van der Waals surface area contributed by atoms with Gasteiger partial charge < -0.3 is 29.3 Å². The van der Waals surface area contributed by atoms with E-state index < -0.39 is 30.6 Å². The normalized spacial score (nSPS) is 12.8. The Morgan fingerprint density at radius 3 is 2.50 bits per heavy atom. The first-order chi connectivity index (χ1) is 15.3. The first-order valence-corrected chi connectivity index (χ1v) is 10.4. The van der Waals surface area contributed by atoms with Crippen LogP contribution >= 0.6 is 0 Å². The van der Waals surface area contributed by atoms with Crippen molar-refractivity contribution in [1.82, 2.24) is 4.90 Å². The largest absolute Gasteiger partial charge is 0.497 e. The van der Waals surface area contributed by atoms with Crippen LogP contribution in [0.25, 0.3) is 0 Å². The van der Waals surface area contributed by atoms with E-state index in [1.807, 2.05) is 67.5 Å². The first kappa shape index (κ1) is 25.2. The number of aliphatic hydroxyl groups excluding tert-OH is 1. The number of methoxy groups -OCH3 is 1. The molecule has 0 bridgehead atoms. The maximum Gasteiger partial charge on any atom is 0.333 e.